The average Bonchev–Trinajstić information content (AvgIpc) is 2.73. The quantitative estimate of drug-likeness (QED) is 0.663. The van der Waals surface area contributed by atoms with Gasteiger partial charge in [-0.3, -0.25) is 4.79 Å². The van der Waals surface area contributed by atoms with Crippen LogP contribution >= 0.6 is 11.6 Å². The van der Waals surface area contributed by atoms with Gasteiger partial charge in [-0.25, -0.2) is 5.01 Å². The monoisotopic (exact) mass is 401 g/mol. The van der Waals surface area contributed by atoms with E-state index >= 15 is 0 Å². The van der Waals surface area contributed by atoms with Gasteiger partial charge in [0.15, 0.2) is 0 Å². The number of hydrogen-bond acceptors (Lipinski definition) is 3. The van der Waals surface area contributed by atoms with Gasteiger partial charge in [-0.1, -0.05) is 68.8 Å². The van der Waals surface area contributed by atoms with E-state index in [2.05, 4.69) is 25.2 Å². The fourth-order valence-electron chi connectivity index (χ4n) is 3.46. The summed E-state index contributed by atoms with van der Waals surface area (Å²) in [5, 5.41) is 10.5. The van der Waals surface area contributed by atoms with Crippen molar-refractivity contribution in [1.82, 2.24) is 10.3 Å². The zero-order chi connectivity index (χ0) is 20.5. The number of carbonyl (C=O) groups is 1. The molecule has 5 heteroatoms. The molecule has 1 N–H and O–H groups in total. The van der Waals surface area contributed by atoms with Gasteiger partial charge in [-0.2, -0.15) is 5.10 Å². The number of amides is 1. The van der Waals surface area contributed by atoms with Crippen LogP contribution in [-0.4, -0.2) is 35.8 Å². The summed E-state index contributed by atoms with van der Waals surface area (Å²) in [6, 6.07) is 7.92. The Morgan fingerprint density at radius 1 is 1.14 bits per heavy atom. The van der Waals surface area contributed by atoms with Crippen LogP contribution in [0.3, 0.4) is 0 Å². The molecule has 3 unspecified atom stereocenters. The van der Waals surface area contributed by atoms with Crippen molar-refractivity contribution in [2.24, 2.45) is 16.9 Å². The summed E-state index contributed by atoms with van der Waals surface area (Å²) in [6.07, 6.45) is 9.68. The van der Waals surface area contributed by atoms with Crippen LogP contribution in [-0.2, 0) is 11.2 Å². The van der Waals surface area contributed by atoms with Crippen molar-refractivity contribution in [3.8, 4) is 0 Å². The van der Waals surface area contributed by atoms with Crippen molar-refractivity contribution >= 4 is 23.2 Å². The number of rotatable bonds is 7. The minimum atomic E-state index is -0.151. The van der Waals surface area contributed by atoms with Crippen LogP contribution in [0.25, 0.3) is 0 Å². The number of benzene rings is 1. The molecule has 0 spiro atoms. The van der Waals surface area contributed by atoms with Gasteiger partial charge in [0.1, 0.15) is 0 Å². The van der Waals surface area contributed by atoms with Crippen molar-refractivity contribution in [1.29, 1.82) is 0 Å². The second-order valence-corrected chi connectivity index (χ2v) is 7.33. The van der Waals surface area contributed by atoms with E-state index in [1.165, 1.54) is 0 Å². The molecule has 4 nitrogen and oxygen atoms in total. The number of carbonyl (C=O) groups excluding carboxylic acids is 1. The molecule has 0 saturated carbocycles. The molecule has 0 saturated heterocycles. The van der Waals surface area contributed by atoms with Crippen LogP contribution in [0.5, 0.6) is 0 Å². The molecule has 152 valence electrons. The highest BCUT2D eigenvalue weighted by molar-refractivity contribution is 6.30. The number of fused-ring (bicyclic) bond motifs is 1. The Labute approximate surface area is 174 Å². The van der Waals surface area contributed by atoms with Crippen LogP contribution in [0.15, 0.2) is 53.7 Å². The molecule has 3 atom stereocenters. The third-order valence-corrected chi connectivity index (χ3v) is 5.22. The van der Waals surface area contributed by atoms with Gasteiger partial charge < -0.3 is 5.32 Å². The fraction of sp³-hybridized carbons (Fsp3) is 0.478. The second-order valence-electron chi connectivity index (χ2n) is 6.89. The lowest BCUT2D eigenvalue weighted by Gasteiger charge is -2.37. The first-order chi connectivity index (χ1) is 13.6. The molecular formula is C23H32ClN3O. The normalized spacial score (nSPS) is 21.5. The Morgan fingerprint density at radius 3 is 2.43 bits per heavy atom. The molecule has 0 fully saturated rings. The lowest BCUT2D eigenvalue weighted by Crippen LogP contribution is -2.48. The highest BCUT2D eigenvalue weighted by Crippen LogP contribution is 2.31. The summed E-state index contributed by atoms with van der Waals surface area (Å²) in [5.41, 5.74) is 2.19. The third-order valence-electron chi connectivity index (χ3n) is 4.97. The van der Waals surface area contributed by atoms with E-state index < -0.39 is 0 Å². The highest BCUT2D eigenvalue weighted by atomic mass is 35.5. The number of hydrazone groups is 1. The van der Waals surface area contributed by atoms with Crippen LogP contribution in [0.1, 0.15) is 39.7 Å². The molecule has 1 amide bonds. The molecule has 1 aliphatic heterocycles. The summed E-state index contributed by atoms with van der Waals surface area (Å²) in [5.74, 6) is -0.0127. The van der Waals surface area contributed by atoms with Gasteiger partial charge in [-0.05, 0) is 44.1 Å². The Kier molecular flexibility index (Phi) is 8.94. The molecule has 2 aliphatic rings. The standard InChI is InChI=1S/C21H26ClN3O.C2H6/c1-3-23-13-12-15(2)25-21(26)19-7-5-4-6-18(19)20(24-25)14-16-8-10-17(22)11-9-16;1-2/h4-11,15,18-19,23H,3,12-14H2,1-2H3;1-2H3. The van der Waals surface area contributed by atoms with Crippen LogP contribution < -0.4 is 5.32 Å². The molecule has 0 bridgehead atoms. The zero-order valence-electron chi connectivity index (χ0n) is 17.4. The average molecular weight is 402 g/mol. The van der Waals surface area contributed by atoms with Crippen molar-refractivity contribution in [3.05, 3.63) is 59.2 Å². The van der Waals surface area contributed by atoms with E-state index in [0.717, 1.165) is 42.2 Å². The topological polar surface area (TPSA) is 44.7 Å². The molecule has 1 aliphatic carbocycles. The first-order valence-electron chi connectivity index (χ1n) is 10.3. The predicted molar refractivity (Wildman–Crippen MR) is 119 cm³/mol. The van der Waals surface area contributed by atoms with Gasteiger partial charge in [-0.15, -0.1) is 0 Å². The molecule has 0 aromatic heterocycles. The molecule has 1 aromatic rings. The number of nitrogens with zero attached hydrogens (tertiary/aromatic N) is 2. The maximum atomic E-state index is 13.0. The molecule has 1 heterocycles. The Balaban J connectivity index is 0.00000136. The molecule has 3 rings (SSSR count). The van der Waals surface area contributed by atoms with Gasteiger partial charge in [0.2, 0.25) is 0 Å². The predicted octanol–water partition coefficient (Wildman–Crippen LogP) is 4.85. The molecule has 28 heavy (non-hydrogen) atoms. The summed E-state index contributed by atoms with van der Waals surface area (Å²) >= 11 is 6.00. The van der Waals surface area contributed by atoms with Gasteiger partial charge >= 0.3 is 0 Å². The van der Waals surface area contributed by atoms with E-state index in [4.69, 9.17) is 16.7 Å². The second kappa shape index (κ2) is 11.2. The fourth-order valence-corrected chi connectivity index (χ4v) is 3.58. The first kappa shape index (κ1) is 22.4. The van der Waals surface area contributed by atoms with Crippen molar-refractivity contribution < 1.29 is 4.79 Å². The van der Waals surface area contributed by atoms with Gasteiger partial charge in [0, 0.05) is 17.4 Å². The number of nitrogens with one attached hydrogen (secondary N) is 1. The van der Waals surface area contributed by atoms with Gasteiger partial charge in [0.05, 0.1) is 17.7 Å². The minimum absolute atomic E-state index is 0.0420. The van der Waals surface area contributed by atoms with Gasteiger partial charge in [0.25, 0.3) is 5.91 Å². The lowest BCUT2D eigenvalue weighted by atomic mass is 9.80. The maximum Gasteiger partial charge on any atom is 0.250 e. The summed E-state index contributed by atoms with van der Waals surface area (Å²) in [7, 11) is 0. The van der Waals surface area contributed by atoms with E-state index in [9.17, 15) is 4.79 Å². The summed E-state index contributed by atoms with van der Waals surface area (Å²) < 4.78 is 0. The van der Waals surface area contributed by atoms with E-state index in [0.29, 0.717) is 0 Å². The highest BCUT2D eigenvalue weighted by Gasteiger charge is 2.38. The largest absolute Gasteiger partial charge is 0.317 e. The first-order valence-corrected chi connectivity index (χ1v) is 10.7. The molecule has 1 aromatic carbocycles. The van der Waals surface area contributed by atoms with Crippen molar-refractivity contribution in [2.45, 2.75) is 46.6 Å². The Morgan fingerprint density at radius 2 is 1.79 bits per heavy atom. The minimum Gasteiger partial charge on any atom is -0.317 e. The van der Waals surface area contributed by atoms with Crippen LogP contribution in [0.4, 0.5) is 0 Å². The summed E-state index contributed by atoms with van der Waals surface area (Å²) in [6.45, 7) is 9.97. The SMILES string of the molecule is CC.CCNCCC(C)N1N=C(Cc2ccc(Cl)cc2)C2C=CC=CC2C1=O. The number of allylic oxidation sites excluding steroid dienone is 3. The Hall–Kier alpha value is -1.91. The van der Waals surface area contributed by atoms with Crippen molar-refractivity contribution in [2.75, 3.05) is 13.1 Å². The van der Waals surface area contributed by atoms with E-state index in [1.807, 2.05) is 56.3 Å². The molecular weight excluding hydrogens is 370 g/mol. The third kappa shape index (κ3) is 5.55. The smallest absolute Gasteiger partial charge is 0.250 e. The lowest BCUT2D eigenvalue weighted by molar-refractivity contribution is -0.137. The van der Waals surface area contributed by atoms with E-state index in [1.54, 1.807) is 5.01 Å². The van der Waals surface area contributed by atoms with E-state index in [-0.39, 0.29) is 23.8 Å². The Bertz CT molecular complexity index is 724. The zero-order valence-corrected chi connectivity index (χ0v) is 18.1. The van der Waals surface area contributed by atoms with Crippen LogP contribution in [0.2, 0.25) is 5.02 Å². The summed E-state index contributed by atoms with van der Waals surface area (Å²) in [4.78, 5) is 13.0. The van der Waals surface area contributed by atoms with Crippen molar-refractivity contribution in [3.63, 3.8) is 0 Å². The van der Waals surface area contributed by atoms with Crippen LogP contribution in [0, 0.1) is 11.8 Å². The maximum absolute atomic E-state index is 13.0. The molecule has 0 radical (unpaired) electrons. The number of hydrogen-bond donors (Lipinski definition) is 1. The number of halogens is 1.